The zero-order valence-electron chi connectivity index (χ0n) is 13.3. The Hall–Kier alpha value is -1.40. The molecule has 1 aliphatic heterocycles. The van der Waals surface area contributed by atoms with Gasteiger partial charge < -0.3 is 4.90 Å². The maximum Gasteiger partial charge on any atom is 0.254 e. The van der Waals surface area contributed by atoms with Gasteiger partial charge in [-0.1, -0.05) is 19.4 Å². The Balaban J connectivity index is 2.24. The second kappa shape index (κ2) is 7.24. The second-order valence-electron chi connectivity index (χ2n) is 5.73. The summed E-state index contributed by atoms with van der Waals surface area (Å²) in [4.78, 5) is 14.5. The molecular formula is C16H24N2O3S. The molecule has 1 heterocycles. The standard InChI is InChI=1S/C16H24N2O3S/c1-3-4-9-17-22(20,21)14-8-7-13(2)15(12-14)16(19)18-10-5-6-11-18/h7-8,12,17H,3-6,9-11H2,1-2H3. The molecule has 0 unspecified atom stereocenters. The van der Waals surface area contributed by atoms with Crippen LogP contribution in [0.1, 0.15) is 48.5 Å². The number of carbonyl (C=O) groups is 1. The first-order valence-corrected chi connectivity index (χ1v) is 9.33. The smallest absolute Gasteiger partial charge is 0.254 e. The third kappa shape index (κ3) is 3.87. The molecule has 1 saturated heterocycles. The lowest BCUT2D eigenvalue weighted by Gasteiger charge is -2.17. The molecule has 5 nitrogen and oxygen atoms in total. The van der Waals surface area contributed by atoms with Gasteiger partial charge in [0, 0.05) is 25.2 Å². The third-order valence-corrected chi connectivity index (χ3v) is 5.42. The van der Waals surface area contributed by atoms with Crippen LogP contribution in [0.2, 0.25) is 0 Å². The minimum Gasteiger partial charge on any atom is -0.339 e. The molecule has 1 aromatic carbocycles. The highest BCUT2D eigenvalue weighted by atomic mass is 32.2. The van der Waals surface area contributed by atoms with E-state index in [1.165, 1.54) is 6.07 Å². The van der Waals surface area contributed by atoms with Gasteiger partial charge in [-0.2, -0.15) is 0 Å². The number of benzene rings is 1. The molecule has 122 valence electrons. The van der Waals surface area contributed by atoms with Gasteiger partial charge in [-0.15, -0.1) is 0 Å². The van der Waals surface area contributed by atoms with Crippen molar-refractivity contribution in [2.45, 2.75) is 44.4 Å². The predicted octanol–water partition coefficient (Wildman–Crippen LogP) is 2.31. The number of amides is 1. The number of aryl methyl sites for hydroxylation is 1. The minimum atomic E-state index is -3.55. The molecule has 1 N–H and O–H groups in total. The number of unbranched alkanes of at least 4 members (excludes halogenated alkanes) is 1. The molecule has 1 amide bonds. The summed E-state index contributed by atoms with van der Waals surface area (Å²) in [6.07, 6.45) is 3.75. The number of hydrogen-bond acceptors (Lipinski definition) is 3. The minimum absolute atomic E-state index is 0.0689. The molecule has 0 saturated carbocycles. The van der Waals surface area contributed by atoms with Crippen molar-refractivity contribution in [1.29, 1.82) is 0 Å². The van der Waals surface area contributed by atoms with Crippen molar-refractivity contribution in [3.05, 3.63) is 29.3 Å². The Morgan fingerprint density at radius 2 is 1.95 bits per heavy atom. The first-order chi connectivity index (χ1) is 10.5. The van der Waals surface area contributed by atoms with E-state index in [-0.39, 0.29) is 10.8 Å². The average molecular weight is 324 g/mol. The van der Waals surface area contributed by atoms with Crippen LogP contribution in [0.5, 0.6) is 0 Å². The summed E-state index contributed by atoms with van der Waals surface area (Å²) in [5, 5.41) is 0. The van der Waals surface area contributed by atoms with E-state index in [1.807, 2.05) is 13.8 Å². The predicted molar refractivity (Wildman–Crippen MR) is 86.4 cm³/mol. The fraction of sp³-hybridized carbons (Fsp3) is 0.562. The van der Waals surface area contributed by atoms with Gasteiger partial charge in [0.15, 0.2) is 0 Å². The maximum absolute atomic E-state index is 12.5. The molecule has 0 bridgehead atoms. The fourth-order valence-corrected chi connectivity index (χ4v) is 3.66. The van der Waals surface area contributed by atoms with Crippen LogP contribution in [0, 0.1) is 6.92 Å². The second-order valence-corrected chi connectivity index (χ2v) is 7.49. The van der Waals surface area contributed by atoms with Crippen LogP contribution >= 0.6 is 0 Å². The van der Waals surface area contributed by atoms with E-state index in [0.717, 1.165) is 44.3 Å². The number of carbonyl (C=O) groups excluding carboxylic acids is 1. The topological polar surface area (TPSA) is 66.5 Å². The summed E-state index contributed by atoms with van der Waals surface area (Å²) < 4.78 is 27.1. The normalized spacial score (nSPS) is 15.3. The first-order valence-electron chi connectivity index (χ1n) is 7.85. The van der Waals surface area contributed by atoms with Crippen molar-refractivity contribution in [3.8, 4) is 0 Å². The molecule has 6 heteroatoms. The maximum atomic E-state index is 12.5. The van der Waals surface area contributed by atoms with E-state index in [9.17, 15) is 13.2 Å². The lowest BCUT2D eigenvalue weighted by Crippen LogP contribution is -2.29. The van der Waals surface area contributed by atoms with Gasteiger partial charge in [0.05, 0.1) is 4.90 Å². The van der Waals surface area contributed by atoms with Crippen molar-refractivity contribution in [1.82, 2.24) is 9.62 Å². The summed E-state index contributed by atoms with van der Waals surface area (Å²) in [6, 6.07) is 4.77. The van der Waals surface area contributed by atoms with Gasteiger partial charge >= 0.3 is 0 Å². The Morgan fingerprint density at radius 1 is 1.27 bits per heavy atom. The summed E-state index contributed by atoms with van der Waals surface area (Å²) >= 11 is 0. The van der Waals surface area contributed by atoms with Crippen molar-refractivity contribution in [3.63, 3.8) is 0 Å². The summed E-state index contributed by atoms with van der Waals surface area (Å²) in [7, 11) is -3.55. The summed E-state index contributed by atoms with van der Waals surface area (Å²) in [5.74, 6) is -0.0689. The van der Waals surface area contributed by atoms with Crippen LogP contribution in [0.15, 0.2) is 23.1 Å². The molecule has 1 aromatic rings. The van der Waals surface area contributed by atoms with Crippen molar-refractivity contribution in [2.75, 3.05) is 19.6 Å². The summed E-state index contributed by atoms with van der Waals surface area (Å²) in [6.45, 7) is 5.77. The molecule has 0 aliphatic carbocycles. The number of likely N-dealkylation sites (tertiary alicyclic amines) is 1. The number of nitrogens with one attached hydrogen (secondary N) is 1. The zero-order valence-corrected chi connectivity index (χ0v) is 14.1. The van der Waals surface area contributed by atoms with E-state index in [0.29, 0.717) is 12.1 Å². The van der Waals surface area contributed by atoms with Crippen LogP contribution < -0.4 is 4.72 Å². The van der Waals surface area contributed by atoms with Crippen LogP contribution in [0.25, 0.3) is 0 Å². The van der Waals surface area contributed by atoms with Gasteiger partial charge in [-0.25, -0.2) is 13.1 Å². The molecule has 22 heavy (non-hydrogen) atoms. The van der Waals surface area contributed by atoms with Gasteiger partial charge in [-0.05, 0) is 43.9 Å². The van der Waals surface area contributed by atoms with Crippen LogP contribution in [-0.2, 0) is 10.0 Å². The Kier molecular flexibility index (Phi) is 5.58. The van der Waals surface area contributed by atoms with Gasteiger partial charge in [0.25, 0.3) is 5.91 Å². The molecule has 1 aliphatic rings. The number of nitrogens with zero attached hydrogens (tertiary/aromatic N) is 1. The highest BCUT2D eigenvalue weighted by Crippen LogP contribution is 2.19. The monoisotopic (exact) mass is 324 g/mol. The number of hydrogen-bond donors (Lipinski definition) is 1. The lowest BCUT2D eigenvalue weighted by atomic mass is 10.1. The molecule has 0 spiro atoms. The van der Waals surface area contributed by atoms with Crippen LogP contribution in [0.4, 0.5) is 0 Å². The quantitative estimate of drug-likeness (QED) is 0.817. The molecule has 0 atom stereocenters. The highest BCUT2D eigenvalue weighted by molar-refractivity contribution is 7.89. The molecular weight excluding hydrogens is 300 g/mol. The fourth-order valence-electron chi connectivity index (χ4n) is 2.56. The van der Waals surface area contributed by atoms with Crippen LogP contribution in [0.3, 0.4) is 0 Å². The highest BCUT2D eigenvalue weighted by Gasteiger charge is 2.23. The third-order valence-electron chi connectivity index (χ3n) is 3.97. The Bertz CT molecular complexity index is 635. The van der Waals surface area contributed by atoms with Gasteiger partial charge in [0.2, 0.25) is 10.0 Å². The average Bonchev–Trinajstić information content (AvgIpc) is 3.01. The summed E-state index contributed by atoms with van der Waals surface area (Å²) in [5.41, 5.74) is 1.30. The molecule has 0 aromatic heterocycles. The lowest BCUT2D eigenvalue weighted by molar-refractivity contribution is 0.0792. The molecule has 2 rings (SSSR count). The van der Waals surface area contributed by atoms with Crippen molar-refractivity contribution < 1.29 is 13.2 Å². The van der Waals surface area contributed by atoms with Crippen LogP contribution in [-0.4, -0.2) is 38.9 Å². The van der Waals surface area contributed by atoms with Gasteiger partial charge in [-0.3, -0.25) is 4.79 Å². The SMILES string of the molecule is CCCCNS(=O)(=O)c1ccc(C)c(C(=O)N2CCCC2)c1. The largest absolute Gasteiger partial charge is 0.339 e. The van der Waals surface area contributed by atoms with E-state index in [4.69, 9.17) is 0 Å². The van der Waals surface area contributed by atoms with E-state index in [1.54, 1.807) is 17.0 Å². The van der Waals surface area contributed by atoms with Crippen molar-refractivity contribution >= 4 is 15.9 Å². The zero-order chi connectivity index (χ0) is 16.2. The Morgan fingerprint density at radius 3 is 2.59 bits per heavy atom. The first kappa shape index (κ1) is 17.0. The van der Waals surface area contributed by atoms with E-state index >= 15 is 0 Å². The Labute approximate surface area is 132 Å². The molecule has 1 fully saturated rings. The van der Waals surface area contributed by atoms with E-state index in [2.05, 4.69) is 4.72 Å². The number of sulfonamides is 1. The number of rotatable bonds is 6. The van der Waals surface area contributed by atoms with Crippen molar-refractivity contribution in [2.24, 2.45) is 0 Å². The van der Waals surface area contributed by atoms with E-state index < -0.39 is 10.0 Å². The van der Waals surface area contributed by atoms with Gasteiger partial charge in [0.1, 0.15) is 0 Å². The molecule has 0 radical (unpaired) electrons.